The van der Waals surface area contributed by atoms with Crippen LogP contribution in [0.25, 0.3) is 33.6 Å². The van der Waals surface area contributed by atoms with E-state index in [-0.39, 0.29) is 20.1 Å². The molecule has 2 heterocycles. The fraction of sp³-hybridized carbons (Fsp3) is 0.0968. The van der Waals surface area contributed by atoms with E-state index in [2.05, 4.69) is 40.3 Å². The second-order valence-corrected chi connectivity index (χ2v) is 7.92. The van der Waals surface area contributed by atoms with Crippen molar-refractivity contribution in [3.05, 3.63) is 132 Å². The Morgan fingerprint density at radius 3 is 2.19 bits per heavy atom. The van der Waals surface area contributed by atoms with Gasteiger partial charge < -0.3 is 9.97 Å². The number of rotatable bonds is 5. The van der Waals surface area contributed by atoms with Crippen LogP contribution in [-0.2, 0) is 33.5 Å². The molecule has 0 spiro atoms. The zero-order valence-electron chi connectivity index (χ0n) is 19.7. The van der Waals surface area contributed by atoms with Crippen molar-refractivity contribution in [2.45, 2.75) is 20.3 Å². The molecule has 0 aliphatic heterocycles. The van der Waals surface area contributed by atoms with Crippen LogP contribution in [0.5, 0.6) is 0 Å². The molecule has 2 nitrogen and oxygen atoms in total. The molecule has 0 N–H and O–H groups in total. The molecule has 0 aliphatic carbocycles. The topological polar surface area (TPSA) is 25.8 Å². The van der Waals surface area contributed by atoms with Crippen molar-refractivity contribution in [2.24, 2.45) is 0 Å². The first-order valence-corrected chi connectivity index (χ1v) is 11.3. The minimum atomic E-state index is -0.707. The molecule has 5 aromatic rings. The summed E-state index contributed by atoms with van der Waals surface area (Å²) >= 11 is 0. The van der Waals surface area contributed by atoms with E-state index in [9.17, 15) is 8.78 Å². The van der Waals surface area contributed by atoms with Gasteiger partial charge in [0.1, 0.15) is 0 Å². The summed E-state index contributed by atoms with van der Waals surface area (Å²) in [5, 5.41) is 0. The molecular weight excluding hydrogens is 631 g/mol. The number of hydrogen-bond donors (Lipinski definition) is 0. The second-order valence-electron chi connectivity index (χ2n) is 7.92. The number of aromatic nitrogens is 2. The molecule has 0 fully saturated rings. The summed E-state index contributed by atoms with van der Waals surface area (Å²) in [5.74, 6) is 0. The standard InChI is InChI=1S/C17H12N.C14H12F2N.Ir/c1-3-7-14(8-4-1)16-11-12-18-17(13-16)15-9-5-2-6-10-15;1-10-5-6-14(17-9-10)12-4-2-3-11(7-15)13(12)8-16;/h1-9,11-13H;2-3,5-6,9H,7-8H2,1H3;/q2*-1;. The van der Waals surface area contributed by atoms with E-state index in [0.29, 0.717) is 22.4 Å². The molecule has 36 heavy (non-hydrogen) atoms. The minimum Gasteiger partial charge on any atom is -0.305 e. The van der Waals surface area contributed by atoms with E-state index in [1.807, 2.05) is 67.7 Å². The Balaban J connectivity index is 0.000000196. The van der Waals surface area contributed by atoms with E-state index >= 15 is 0 Å². The average molecular weight is 655 g/mol. The van der Waals surface area contributed by atoms with E-state index in [4.69, 9.17) is 0 Å². The van der Waals surface area contributed by atoms with Gasteiger partial charge in [0, 0.05) is 32.5 Å². The van der Waals surface area contributed by atoms with E-state index < -0.39 is 13.3 Å². The summed E-state index contributed by atoms with van der Waals surface area (Å²) in [4.78, 5) is 8.62. The number of hydrogen-bond acceptors (Lipinski definition) is 2. The maximum atomic E-state index is 13.0. The molecule has 1 radical (unpaired) electrons. The van der Waals surface area contributed by atoms with Crippen molar-refractivity contribution in [1.29, 1.82) is 0 Å². The minimum absolute atomic E-state index is 0. The summed E-state index contributed by atoms with van der Waals surface area (Å²) in [7, 11) is 0. The van der Waals surface area contributed by atoms with Gasteiger partial charge in [0.05, 0.1) is 13.3 Å². The molecule has 5 heteroatoms. The first kappa shape index (κ1) is 27.1. The van der Waals surface area contributed by atoms with E-state index in [1.165, 1.54) is 11.1 Å². The van der Waals surface area contributed by atoms with Gasteiger partial charge in [-0.2, -0.15) is 0 Å². The van der Waals surface area contributed by atoms with Gasteiger partial charge in [-0.15, -0.1) is 59.7 Å². The average Bonchev–Trinajstić information content (AvgIpc) is 2.94. The summed E-state index contributed by atoms with van der Waals surface area (Å²) < 4.78 is 25.7. The van der Waals surface area contributed by atoms with Crippen LogP contribution in [0.15, 0.2) is 103 Å². The predicted octanol–water partition coefficient (Wildman–Crippen LogP) is 8.01. The molecule has 0 saturated carbocycles. The molecule has 0 atom stereocenters. The Labute approximate surface area is 224 Å². The predicted molar refractivity (Wildman–Crippen MR) is 137 cm³/mol. The van der Waals surface area contributed by atoms with Gasteiger partial charge in [-0.1, -0.05) is 59.7 Å². The van der Waals surface area contributed by atoms with Crippen molar-refractivity contribution >= 4 is 0 Å². The number of benzene rings is 3. The molecule has 0 bridgehead atoms. The van der Waals surface area contributed by atoms with Gasteiger partial charge in [-0.3, -0.25) is 4.39 Å². The van der Waals surface area contributed by atoms with Crippen LogP contribution in [0.2, 0.25) is 0 Å². The van der Waals surface area contributed by atoms with E-state index in [1.54, 1.807) is 24.4 Å². The van der Waals surface area contributed by atoms with Crippen molar-refractivity contribution in [2.75, 3.05) is 0 Å². The number of nitrogens with zero attached hydrogens (tertiary/aromatic N) is 2. The smallest absolute Gasteiger partial charge is 0.0982 e. The molecular formula is C31H24F2IrN2-2. The molecule has 183 valence electrons. The monoisotopic (exact) mass is 655 g/mol. The Hall–Kier alpha value is -3.53. The Bertz CT molecular complexity index is 1300. The SMILES string of the molecule is Cc1ccc(-c2[c-]ccc(CF)c2CF)nc1.[Ir].[c-]1ccccc1-c1cc(-c2ccccc2)ccn1. The van der Waals surface area contributed by atoms with Crippen LogP contribution in [-0.4, -0.2) is 9.97 Å². The van der Waals surface area contributed by atoms with Crippen LogP contribution in [0.3, 0.4) is 0 Å². The Morgan fingerprint density at radius 2 is 1.53 bits per heavy atom. The van der Waals surface area contributed by atoms with Gasteiger partial charge in [0.15, 0.2) is 0 Å². The third kappa shape index (κ3) is 6.78. The van der Waals surface area contributed by atoms with Gasteiger partial charge in [0.2, 0.25) is 0 Å². The van der Waals surface area contributed by atoms with Crippen LogP contribution >= 0.6 is 0 Å². The Kier molecular flexibility index (Phi) is 10.2. The molecule has 0 amide bonds. The van der Waals surface area contributed by atoms with Crippen molar-refractivity contribution in [3.8, 4) is 33.6 Å². The van der Waals surface area contributed by atoms with Crippen LogP contribution in [0.4, 0.5) is 8.78 Å². The zero-order valence-corrected chi connectivity index (χ0v) is 22.1. The van der Waals surface area contributed by atoms with Crippen molar-refractivity contribution in [3.63, 3.8) is 0 Å². The second kappa shape index (κ2) is 13.5. The quantitative estimate of drug-likeness (QED) is 0.180. The third-order valence-electron chi connectivity index (χ3n) is 5.50. The third-order valence-corrected chi connectivity index (χ3v) is 5.50. The van der Waals surface area contributed by atoms with Crippen LogP contribution in [0.1, 0.15) is 16.7 Å². The van der Waals surface area contributed by atoms with Crippen molar-refractivity contribution < 1.29 is 28.9 Å². The largest absolute Gasteiger partial charge is 0.305 e. The van der Waals surface area contributed by atoms with Crippen LogP contribution in [0, 0.1) is 19.1 Å². The fourth-order valence-corrected chi connectivity index (χ4v) is 3.64. The summed E-state index contributed by atoms with van der Waals surface area (Å²) in [6, 6.07) is 35.3. The maximum Gasteiger partial charge on any atom is 0.0982 e. The van der Waals surface area contributed by atoms with Gasteiger partial charge >= 0.3 is 0 Å². The summed E-state index contributed by atoms with van der Waals surface area (Å²) in [5.41, 5.74) is 7.26. The first-order chi connectivity index (χ1) is 17.2. The van der Waals surface area contributed by atoms with Gasteiger partial charge in [-0.05, 0) is 41.1 Å². The fourth-order valence-electron chi connectivity index (χ4n) is 3.64. The van der Waals surface area contributed by atoms with Gasteiger partial charge in [-0.25, -0.2) is 4.39 Å². The molecule has 2 aromatic heterocycles. The molecule has 5 rings (SSSR count). The molecule has 0 unspecified atom stereocenters. The molecule has 0 aliphatic rings. The normalized spacial score (nSPS) is 10.1. The zero-order chi connectivity index (χ0) is 24.5. The first-order valence-electron chi connectivity index (χ1n) is 11.3. The summed E-state index contributed by atoms with van der Waals surface area (Å²) in [6.07, 6.45) is 3.55. The number of aryl methyl sites for hydroxylation is 1. The van der Waals surface area contributed by atoms with Crippen molar-refractivity contribution in [1.82, 2.24) is 9.97 Å². The Morgan fingerprint density at radius 1 is 0.722 bits per heavy atom. The molecule has 0 saturated heterocycles. The molecule has 3 aromatic carbocycles. The number of pyridine rings is 2. The maximum absolute atomic E-state index is 13.0. The number of halogens is 2. The van der Waals surface area contributed by atoms with E-state index in [0.717, 1.165) is 16.8 Å². The van der Waals surface area contributed by atoms with Crippen LogP contribution < -0.4 is 0 Å². The number of alkyl halides is 2. The summed E-state index contributed by atoms with van der Waals surface area (Å²) in [6.45, 7) is 0.544. The van der Waals surface area contributed by atoms with Gasteiger partial charge in [0.25, 0.3) is 0 Å².